The van der Waals surface area contributed by atoms with E-state index < -0.39 is 12.7 Å². The van der Waals surface area contributed by atoms with Gasteiger partial charge in [0, 0.05) is 18.7 Å². The second kappa shape index (κ2) is 6.83. The molecule has 106 valence electrons. The van der Waals surface area contributed by atoms with Crippen LogP contribution in [0.5, 0.6) is 0 Å². The highest BCUT2D eigenvalue weighted by Crippen LogP contribution is 2.18. The number of halogens is 3. The first-order valence-electron chi connectivity index (χ1n) is 5.60. The van der Waals surface area contributed by atoms with Crippen molar-refractivity contribution in [2.75, 3.05) is 19.7 Å². The van der Waals surface area contributed by atoms with E-state index in [0.29, 0.717) is 11.1 Å². The molecule has 0 aliphatic rings. The Hall–Kier alpha value is -1.18. The summed E-state index contributed by atoms with van der Waals surface area (Å²) < 4.78 is 37.1. The minimum Gasteiger partial charge on any atom is -0.395 e. The molecule has 0 spiro atoms. The van der Waals surface area contributed by atoms with Gasteiger partial charge in [0.15, 0.2) is 0 Å². The lowest BCUT2D eigenvalue weighted by Crippen LogP contribution is -2.35. The van der Waals surface area contributed by atoms with E-state index in [1.54, 1.807) is 24.3 Å². The summed E-state index contributed by atoms with van der Waals surface area (Å²) in [6.07, 6.45) is -4.30. The molecule has 1 aromatic rings. The summed E-state index contributed by atoms with van der Waals surface area (Å²) in [5.74, 6) is 0. The van der Waals surface area contributed by atoms with Crippen molar-refractivity contribution in [3.05, 3.63) is 35.4 Å². The maximum absolute atomic E-state index is 12.4. The summed E-state index contributed by atoms with van der Waals surface area (Å²) in [6.45, 7) is -1.36. The molecule has 0 saturated heterocycles. The molecule has 1 aromatic carbocycles. The first-order chi connectivity index (χ1) is 8.81. The van der Waals surface area contributed by atoms with Crippen LogP contribution in [-0.4, -0.2) is 40.9 Å². The topological polar surface area (TPSA) is 49.5 Å². The molecule has 1 rings (SSSR count). The van der Waals surface area contributed by atoms with Crippen LogP contribution in [0.3, 0.4) is 0 Å². The Kier molecular flexibility index (Phi) is 5.71. The standard InChI is InChI=1S/C12H15F3N2OS/c13-12(14,15)8-17(4-5-18)7-9-2-1-3-10(6-9)11(16)19/h1-3,6,18H,4-5,7-8H2,(H2,16,19). The van der Waals surface area contributed by atoms with Crippen molar-refractivity contribution >= 4 is 17.2 Å². The molecule has 0 amide bonds. The van der Waals surface area contributed by atoms with Gasteiger partial charge in [0.1, 0.15) is 4.99 Å². The van der Waals surface area contributed by atoms with Gasteiger partial charge in [-0.15, -0.1) is 0 Å². The van der Waals surface area contributed by atoms with Crippen molar-refractivity contribution in [2.24, 2.45) is 5.73 Å². The van der Waals surface area contributed by atoms with E-state index >= 15 is 0 Å². The Morgan fingerprint density at radius 2 is 2.05 bits per heavy atom. The number of aliphatic hydroxyl groups is 1. The fraction of sp³-hybridized carbons (Fsp3) is 0.417. The molecular formula is C12H15F3N2OS. The van der Waals surface area contributed by atoms with E-state index in [4.69, 9.17) is 23.1 Å². The third kappa shape index (κ3) is 6.00. The van der Waals surface area contributed by atoms with Gasteiger partial charge in [-0.2, -0.15) is 13.2 Å². The molecule has 0 fully saturated rings. The minimum atomic E-state index is -4.30. The highest BCUT2D eigenvalue weighted by atomic mass is 32.1. The van der Waals surface area contributed by atoms with Gasteiger partial charge in [-0.05, 0) is 11.6 Å². The lowest BCUT2D eigenvalue weighted by molar-refractivity contribution is -0.147. The second-order valence-corrected chi connectivity index (χ2v) is 4.55. The molecule has 0 atom stereocenters. The third-order valence-electron chi connectivity index (χ3n) is 2.44. The molecule has 19 heavy (non-hydrogen) atoms. The predicted octanol–water partition coefficient (Wildman–Crippen LogP) is 1.68. The fourth-order valence-electron chi connectivity index (χ4n) is 1.69. The van der Waals surface area contributed by atoms with Crippen LogP contribution in [0.2, 0.25) is 0 Å². The third-order valence-corrected chi connectivity index (χ3v) is 2.67. The molecule has 3 N–H and O–H groups in total. The normalized spacial score (nSPS) is 11.8. The summed E-state index contributed by atoms with van der Waals surface area (Å²) in [5.41, 5.74) is 6.76. The Labute approximate surface area is 114 Å². The molecule has 3 nitrogen and oxygen atoms in total. The van der Waals surface area contributed by atoms with Crippen LogP contribution in [0, 0.1) is 0 Å². The van der Waals surface area contributed by atoms with Gasteiger partial charge >= 0.3 is 6.18 Å². The van der Waals surface area contributed by atoms with Crippen molar-refractivity contribution in [1.29, 1.82) is 0 Å². The smallest absolute Gasteiger partial charge is 0.395 e. The van der Waals surface area contributed by atoms with Crippen molar-refractivity contribution in [3.63, 3.8) is 0 Å². The number of hydrogen-bond acceptors (Lipinski definition) is 3. The number of thiocarbonyl (C=S) groups is 1. The Morgan fingerprint density at radius 1 is 1.37 bits per heavy atom. The Balaban J connectivity index is 2.78. The zero-order valence-electron chi connectivity index (χ0n) is 10.2. The van der Waals surface area contributed by atoms with E-state index in [9.17, 15) is 13.2 Å². The van der Waals surface area contributed by atoms with Gasteiger partial charge in [-0.25, -0.2) is 0 Å². The van der Waals surface area contributed by atoms with Crippen LogP contribution in [-0.2, 0) is 6.54 Å². The summed E-state index contributed by atoms with van der Waals surface area (Å²) in [7, 11) is 0. The second-order valence-electron chi connectivity index (χ2n) is 4.11. The molecule has 0 unspecified atom stereocenters. The maximum atomic E-state index is 12.4. The fourth-order valence-corrected chi connectivity index (χ4v) is 1.82. The lowest BCUT2D eigenvalue weighted by Gasteiger charge is -2.22. The molecule has 0 heterocycles. The van der Waals surface area contributed by atoms with E-state index in [2.05, 4.69) is 0 Å². The highest BCUT2D eigenvalue weighted by molar-refractivity contribution is 7.80. The zero-order chi connectivity index (χ0) is 14.5. The minimum absolute atomic E-state index is 0.0448. The molecule has 0 aliphatic carbocycles. The van der Waals surface area contributed by atoms with E-state index in [1.807, 2.05) is 0 Å². The number of nitrogens with two attached hydrogens (primary N) is 1. The van der Waals surface area contributed by atoms with Crippen molar-refractivity contribution in [2.45, 2.75) is 12.7 Å². The van der Waals surface area contributed by atoms with Gasteiger partial charge in [-0.3, -0.25) is 4.90 Å². The molecule has 0 bridgehead atoms. The molecule has 0 radical (unpaired) electrons. The molecule has 7 heteroatoms. The van der Waals surface area contributed by atoms with Crippen molar-refractivity contribution in [3.8, 4) is 0 Å². The van der Waals surface area contributed by atoms with Gasteiger partial charge in [0.2, 0.25) is 0 Å². The van der Waals surface area contributed by atoms with Crippen LogP contribution in [0.1, 0.15) is 11.1 Å². The molecule has 0 saturated carbocycles. The number of alkyl halides is 3. The van der Waals surface area contributed by atoms with Crippen molar-refractivity contribution < 1.29 is 18.3 Å². The molecule has 0 aromatic heterocycles. The van der Waals surface area contributed by atoms with E-state index in [1.165, 1.54) is 0 Å². The number of benzene rings is 1. The number of nitrogens with zero attached hydrogens (tertiary/aromatic N) is 1. The quantitative estimate of drug-likeness (QED) is 0.783. The lowest BCUT2D eigenvalue weighted by atomic mass is 10.1. The average molecular weight is 292 g/mol. The summed E-state index contributed by atoms with van der Waals surface area (Å²) in [6, 6.07) is 6.74. The Morgan fingerprint density at radius 3 is 2.58 bits per heavy atom. The predicted molar refractivity (Wildman–Crippen MR) is 70.7 cm³/mol. The summed E-state index contributed by atoms with van der Waals surface area (Å²) >= 11 is 4.82. The SMILES string of the molecule is NC(=S)c1cccc(CN(CCO)CC(F)(F)F)c1. The molecule has 0 aliphatic heterocycles. The van der Waals surface area contributed by atoms with Gasteiger partial charge < -0.3 is 10.8 Å². The number of rotatable bonds is 6. The first kappa shape index (κ1) is 15.9. The van der Waals surface area contributed by atoms with Crippen LogP contribution >= 0.6 is 12.2 Å². The average Bonchev–Trinajstić information content (AvgIpc) is 2.27. The van der Waals surface area contributed by atoms with Crippen LogP contribution in [0.4, 0.5) is 13.2 Å². The molecular weight excluding hydrogens is 277 g/mol. The zero-order valence-corrected chi connectivity index (χ0v) is 11.0. The van der Waals surface area contributed by atoms with Gasteiger partial charge in [0.25, 0.3) is 0 Å². The largest absolute Gasteiger partial charge is 0.401 e. The van der Waals surface area contributed by atoms with Gasteiger partial charge in [0.05, 0.1) is 13.2 Å². The summed E-state index contributed by atoms with van der Waals surface area (Å²) in [5, 5.41) is 8.80. The van der Waals surface area contributed by atoms with E-state index in [-0.39, 0.29) is 24.7 Å². The summed E-state index contributed by atoms with van der Waals surface area (Å²) in [4.78, 5) is 1.32. The highest BCUT2D eigenvalue weighted by Gasteiger charge is 2.30. The van der Waals surface area contributed by atoms with Gasteiger partial charge in [-0.1, -0.05) is 30.4 Å². The first-order valence-corrected chi connectivity index (χ1v) is 6.01. The maximum Gasteiger partial charge on any atom is 0.401 e. The van der Waals surface area contributed by atoms with Crippen molar-refractivity contribution in [1.82, 2.24) is 4.90 Å². The van der Waals surface area contributed by atoms with Crippen LogP contribution < -0.4 is 5.73 Å². The van der Waals surface area contributed by atoms with Crippen LogP contribution in [0.15, 0.2) is 24.3 Å². The van der Waals surface area contributed by atoms with E-state index in [0.717, 1.165) is 4.90 Å². The number of aliphatic hydroxyl groups excluding tert-OH is 1. The number of hydrogen-bond donors (Lipinski definition) is 2. The monoisotopic (exact) mass is 292 g/mol. The Bertz CT molecular complexity index is 437. The van der Waals surface area contributed by atoms with Crippen LogP contribution in [0.25, 0.3) is 0 Å².